The van der Waals surface area contributed by atoms with Crippen molar-refractivity contribution in [3.05, 3.63) is 23.8 Å². The first-order valence-corrected chi connectivity index (χ1v) is 9.85. The van der Waals surface area contributed by atoms with Crippen molar-refractivity contribution in [3.63, 3.8) is 0 Å². The fraction of sp³-hybridized carbons (Fsp3) is 0.636. The van der Waals surface area contributed by atoms with Gasteiger partial charge in [-0.3, -0.25) is 9.59 Å². The molecule has 0 amide bonds. The molecule has 0 heterocycles. The van der Waals surface area contributed by atoms with Gasteiger partial charge in [-0.1, -0.05) is 33.8 Å². The van der Waals surface area contributed by atoms with E-state index < -0.39 is 12.1 Å². The Hall–Kier alpha value is -1.92. The van der Waals surface area contributed by atoms with E-state index in [1.54, 1.807) is 18.2 Å². The fourth-order valence-corrected chi connectivity index (χ4v) is 2.41. The van der Waals surface area contributed by atoms with Crippen molar-refractivity contribution in [2.24, 2.45) is 11.8 Å². The monoisotopic (exact) mass is 393 g/mol. The van der Waals surface area contributed by atoms with E-state index in [1.165, 1.54) is 0 Å². The molecule has 1 aromatic rings. The average Bonchev–Trinajstić information content (AvgIpc) is 2.51. The van der Waals surface area contributed by atoms with E-state index in [9.17, 15) is 14.7 Å². The molecule has 0 aliphatic rings. The number of hydrogen-bond acceptors (Lipinski definition) is 6. The van der Waals surface area contributed by atoms with Gasteiger partial charge in [0.25, 0.3) is 0 Å². The van der Waals surface area contributed by atoms with Crippen molar-refractivity contribution in [1.82, 2.24) is 5.32 Å². The predicted molar refractivity (Wildman–Crippen MR) is 109 cm³/mol. The minimum Gasteiger partial charge on any atom is -0.423 e. The second-order valence-electron chi connectivity index (χ2n) is 9.00. The number of aliphatic hydroxyl groups excluding tert-OH is 1. The Labute approximate surface area is 168 Å². The third-order valence-corrected chi connectivity index (χ3v) is 3.78. The van der Waals surface area contributed by atoms with Crippen LogP contribution in [0.1, 0.15) is 73.0 Å². The molecule has 158 valence electrons. The second kappa shape index (κ2) is 10.6. The molecule has 0 saturated carbocycles. The molecule has 1 rings (SSSR count). The zero-order valence-corrected chi connectivity index (χ0v) is 18.2. The molecule has 0 fully saturated rings. The molecule has 0 spiro atoms. The first kappa shape index (κ1) is 24.1. The third-order valence-electron chi connectivity index (χ3n) is 3.78. The molecule has 0 radical (unpaired) electrons. The molecular formula is C22H35NO5. The highest BCUT2D eigenvalue weighted by molar-refractivity contribution is 5.76. The Balaban J connectivity index is 3.04. The number of nitrogens with one attached hydrogen (secondary N) is 1. The van der Waals surface area contributed by atoms with Crippen LogP contribution in [0.25, 0.3) is 0 Å². The van der Waals surface area contributed by atoms with E-state index in [0.29, 0.717) is 12.1 Å². The van der Waals surface area contributed by atoms with Crippen LogP contribution in [0.2, 0.25) is 0 Å². The maximum atomic E-state index is 12.1. The fourth-order valence-electron chi connectivity index (χ4n) is 2.41. The van der Waals surface area contributed by atoms with Crippen LogP contribution < -0.4 is 14.8 Å². The van der Waals surface area contributed by atoms with E-state index in [1.807, 2.05) is 48.5 Å². The SMILES string of the molecule is CC(C)CC(=O)Oc1ccc([C@@H](O)CNC(C)(C)C)cc1OC(=O)CC(C)C. The number of ether oxygens (including phenoxy) is 2. The number of carbonyl (C=O) groups excluding carboxylic acids is 2. The van der Waals surface area contributed by atoms with Gasteiger partial charge in [0.2, 0.25) is 0 Å². The zero-order chi connectivity index (χ0) is 21.5. The van der Waals surface area contributed by atoms with Gasteiger partial charge in [0, 0.05) is 24.9 Å². The van der Waals surface area contributed by atoms with E-state index in [4.69, 9.17) is 9.47 Å². The lowest BCUT2D eigenvalue weighted by atomic mass is 10.1. The van der Waals surface area contributed by atoms with Crippen molar-refractivity contribution in [3.8, 4) is 11.5 Å². The second-order valence-corrected chi connectivity index (χ2v) is 9.00. The largest absolute Gasteiger partial charge is 0.423 e. The van der Waals surface area contributed by atoms with Crippen LogP contribution in [0.15, 0.2) is 18.2 Å². The van der Waals surface area contributed by atoms with Gasteiger partial charge in [0.15, 0.2) is 11.5 Å². The molecule has 0 aliphatic carbocycles. The summed E-state index contributed by atoms with van der Waals surface area (Å²) in [5.74, 6) is -0.166. The number of esters is 2. The van der Waals surface area contributed by atoms with Gasteiger partial charge >= 0.3 is 11.9 Å². The number of benzene rings is 1. The van der Waals surface area contributed by atoms with Gasteiger partial charge in [-0.25, -0.2) is 0 Å². The van der Waals surface area contributed by atoms with Crippen molar-refractivity contribution in [2.75, 3.05) is 6.54 Å². The number of carbonyl (C=O) groups is 2. The summed E-state index contributed by atoms with van der Waals surface area (Å²) in [6.07, 6.45) is -0.279. The quantitative estimate of drug-likeness (QED) is 0.487. The summed E-state index contributed by atoms with van der Waals surface area (Å²) in [6, 6.07) is 4.80. The molecule has 1 aromatic carbocycles. The Bertz CT molecular complexity index is 661. The molecule has 0 bridgehead atoms. The molecule has 6 heteroatoms. The summed E-state index contributed by atoms with van der Waals surface area (Å²) in [7, 11) is 0. The summed E-state index contributed by atoms with van der Waals surface area (Å²) < 4.78 is 10.8. The Morgan fingerprint density at radius 2 is 1.46 bits per heavy atom. The highest BCUT2D eigenvalue weighted by Crippen LogP contribution is 2.32. The first-order chi connectivity index (χ1) is 12.9. The van der Waals surface area contributed by atoms with Crippen molar-refractivity contribution in [1.29, 1.82) is 0 Å². The molecule has 0 unspecified atom stereocenters. The number of rotatable bonds is 9. The zero-order valence-electron chi connectivity index (χ0n) is 18.2. The Kier molecular flexibility index (Phi) is 9.11. The van der Waals surface area contributed by atoms with Crippen LogP contribution in [0, 0.1) is 11.8 Å². The topological polar surface area (TPSA) is 84.9 Å². The molecule has 2 N–H and O–H groups in total. The maximum absolute atomic E-state index is 12.1. The van der Waals surface area contributed by atoms with Crippen LogP contribution in [0.3, 0.4) is 0 Å². The van der Waals surface area contributed by atoms with Crippen LogP contribution >= 0.6 is 0 Å². The number of aliphatic hydroxyl groups is 1. The van der Waals surface area contributed by atoms with Crippen molar-refractivity contribution >= 4 is 11.9 Å². The first-order valence-electron chi connectivity index (χ1n) is 9.85. The van der Waals surface area contributed by atoms with Crippen LogP contribution in [-0.4, -0.2) is 29.1 Å². The van der Waals surface area contributed by atoms with E-state index >= 15 is 0 Å². The minimum atomic E-state index is -0.790. The summed E-state index contributed by atoms with van der Waals surface area (Å²) in [4.78, 5) is 24.2. The average molecular weight is 394 g/mol. The van der Waals surface area contributed by atoms with Crippen molar-refractivity contribution in [2.45, 2.75) is 73.0 Å². The number of β-amino-alcohol motifs (C(OH)–C–C–N with tert-alkyl or cyclic N) is 1. The van der Waals surface area contributed by atoms with Gasteiger partial charge in [0.1, 0.15) is 0 Å². The highest BCUT2D eigenvalue weighted by Gasteiger charge is 2.19. The van der Waals surface area contributed by atoms with Crippen LogP contribution in [0.5, 0.6) is 11.5 Å². The Morgan fingerprint density at radius 3 is 1.93 bits per heavy atom. The molecule has 0 aromatic heterocycles. The van der Waals surface area contributed by atoms with Gasteiger partial charge in [-0.2, -0.15) is 0 Å². The lowest BCUT2D eigenvalue weighted by Crippen LogP contribution is -2.38. The standard InChI is InChI=1S/C22H35NO5/c1-14(2)10-20(25)27-18-9-8-16(17(24)13-23-22(5,6)7)12-19(18)28-21(26)11-15(3)4/h8-9,12,14-15,17,23-24H,10-11,13H2,1-7H3/t17-/m0/s1. The molecule has 6 nitrogen and oxygen atoms in total. The molecule has 0 aliphatic heterocycles. The lowest BCUT2D eigenvalue weighted by molar-refractivity contribution is -0.138. The van der Waals surface area contributed by atoms with E-state index in [2.05, 4.69) is 5.32 Å². The third kappa shape index (κ3) is 9.33. The molecule has 0 saturated heterocycles. The van der Waals surface area contributed by atoms with E-state index in [-0.39, 0.29) is 47.7 Å². The summed E-state index contributed by atoms with van der Waals surface area (Å²) in [6.45, 7) is 14.1. The summed E-state index contributed by atoms with van der Waals surface area (Å²) >= 11 is 0. The van der Waals surface area contributed by atoms with Gasteiger partial charge in [0.05, 0.1) is 6.10 Å². The predicted octanol–water partition coefficient (Wildman–Crippen LogP) is 4.01. The van der Waals surface area contributed by atoms with Gasteiger partial charge < -0.3 is 19.9 Å². The summed E-state index contributed by atoms with van der Waals surface area (Å²) in [5.41, 5.74) is 0.438. The Morgan fingerprint density at radius 1 is 0.964 bits per heavy atom. The molecular weight excluding hydrogens is 358 g/mol. The summed E-state index contributed by atoms with van der Waals surface area (Å²) in [5, 5.41) is 13.7. The normalized spacial score (nSPS) is 12.9. The molecule has 28 heavy (non-hydrogen) atoms. The minimum absolute atomic E-state index is 0.139. The highest BCUT2D eigenvalue weighted by atomic mass is 16.6. The van der Waals surface area contributed by atoms with Crippen LogP contribution in [-0.2, 0) is 9.59 Å². The van der Waals surface area contributed by atoms with Crippen LogP contribution in [0.4, 0.5) is 0 Å². The van der Waals surface area contributed by atoms with E-state index in [0.717, 1.165) is 0 Å². The maximum Gasteiger partial charge on any atom is 0.311 e. The number of hydrogen-bond donors (Lipinski definition) is 2. The molecule has 1 atom stereocenters. The van der Waals surface area contributed by atoms with Crippen molar-refractivity contribution < 1.29 is 24.2 Å². The lowest BCUT2D eigenvalue weighted by Gasteiger charge is -2.23. The smallest absolute Gasteiger partial charge is 0.311 e. The van der Waals surface area contributed by atoms with Gasteiger partial charge in [-0.15, -0.1) is 0 Å². The van der Waals surface area contributed by atoms with Gasteiger partial charge in [-0.05, 0) is 50.3 Å².